The van der Waals surface area contributed by atoms with Crippen molar-refractivity contribution in [1.82, 2.24) is 45.0 Å². The molecule has 0 unspecified atom stereocenters. The Balaban J connectivity index is 1.44. The van der Waals surface area contributed by atoms with Gasteiger partial charge in [0.05, 0.1) is 70.3 Å². The van der Waals surface area contributed by atoms with E-state index in [1.807, 2.05) is 32.6 Å². The summed E-state index contributed by atoms with van der Waals surface area (Å²) >= 11 is 0. The average Bonchev–Trinajstić information content (AvgIpc) is 3.59. The maximum absolute atomic E-state index is 10.3. The van der Waals surface area contributed by atoms with Crippen LogP contribution in [0.4, 0.5) is 0 Å². The molecule has 0 amide bonds. The van der Waals surface area contributed by atoms with Gasteiger partial charge in [-0.1, -0.05) is 15.6 Å². The van der Waals surface area contributed by atoms with Gasteiger partial charge in [-0.3, -0.25) is 14.0 Å². The number of hydrogen-bond acceptors (Lipinski definition) is 10. The Hall–Kier alpha value is -2.74. The van der Waals surface area contributed by atoms with Crippen LogP contribution in [0.5, 0.6) is 0 Å². The van der Waals surface area contributed by atoms with Gasteiger partial charge in [0.2, 0.25) is 0 Å². The third-order valence-electron chi connectivity index (χ3n) is 6.37. The van der Waals surface area contributed by atoms with Crippen LogP contribution >= 0.6 is 0 Å². The number of hydrogen-bond donors (Lipinski definition) is 1. The highest BCUT2D eigenvalue weighted by Gasteiger charge is 2.32. The Bertz CT molecular complexity index is 922. The molecule has 0 saturated carbocycles. The Kier molecular flexibility index (Phi) is 7.23. The molecule has 3 aliphatic rings. The molecule has 1 N–H and O–H groups in total. The second-order valence-electron chi connectivity index (χ2n) is 9.29. The first-order valence-corrected chi connectivity index (χ1v) is 11.7. The van der Waals surface area contributed by atoms with Crippen LogP contribution in [0.3, 0.4) is 0 Å². The molecule has 34 heavy (non-hydrogen) atoms. The lowest BCUT2D eigenvalue weighted by Gasteiger charge is -2.30. The Labute approximate surface area is 197 Å². The lowest BCUT2D eigenvalue weighted by molar-refractivity contribution is -0.103. The van der Waals surface area contributed by atoms with Crippen molar-refractivity contribution in [2.75, 3.05) is 26.4 Å². The number of aryl methyl sites for hydroxylation is 3. The molecule has 3 aromatic rings. The van der Waals surface area contributed by atoms with E-state index in [1.165, 1.54) is 0 Å². The van der Waals surface area contributed by atoms with Gasteiger partial charge in [-0.2, -0.15) is 0 Å². The van der Waals surface area contributed by atoms with Crippen molar-refractivity contribution in [3.63, 3.8) is 0 Å². The molecule has 6 heterocycles. The highest BCUT2D eigenvalue weighted by molar-refractivity contribution is 4.93. The molecule has 0 saturated heterocycles. The first-order chi connectivity index (χ1) is 16.7. The molecular weight excluding hydrogens is 442 g/mol. The van der Waals surface area contributed by atoms with Crippen LogP contribution in [-0.2, 0) is 53.7 Å². The Morgan fingerprint density at radius 3 is 1.44 bits per heavy atom. The maximum atomic E-state index is 10.3. The van der Waals surface area contributed by atoms with Crippen LogP contribution in [0.2, 0.25) is 0 Å². The van der Waals surface area contributed by atoms with Gasteiger partial charge in [-0.25, -0.2) is 0 Å². The topological polar surface area (TPSA) is 140 Å². The molecule has 0 aromatic carbocycles. The van der Waals surface area contributed by atoms with Crippen molar-refractivity contribution >= 4 is 0 Å². The smallest absolute Gasteiger partial charge is 0.108 e. The second-order valence-corrected chi connectivity index (χ2v) is 9.29. The van der Waals surface area contributed by atoms with Crippen molar-refractivity contribution in [1.29, 1.82) is 0 Å². The summed E-state index contributed by atoms with van der Waals surface area (Å²) in [7, 11) is 0. The quantitative estimate of drug-likeness (QED) is 0.521. The molecule has 0 atom stereocenters. The fourth-order valence-electron chi connectivity index (χ4n) is 4.30. The van der Waals surface area contributed by atoms with Gasteiger partial charge < -0.3 is 19.3 Å². The summed E-state index contributed by atoms with van der Waals surface area (Å²) in [5.41, 5.74) is 1.51. The lowest BCUT2D eigenvalue weighted by atomic mass is 9.92. The predicted molar refractivity (Wildman–Crippen MR) is 116 cm³/mol. The predicted octanol–water partition coefficient (Wildman–Crippen LogP) is 0.204. The van der Waals surface area contributed by atoms with Crippen molar-refractivity contribution < 1.29 is 19.3 Å². The van der Waals surface area contributed by atoms with Gasteiger partial charge in [0.15, 0.2) is 0 Å². The number of aliphatic hydroxyl groups is 1. The molecule has 3 aliphatic heterocycles. The monoisotopic (exact) mass is 473 g/mol. The maximum Gasteiger partial charge on any atom is 0.108 e. The zero-order valence-electron chi connectivity index (χ0n) is 19.2. The number of ether oxygens (including phenoxy) is 3. The third kappa shape index (κ3) is 5.84. The standard InChI is InChI=1S/C21H31N9O4/c31-13-21-14-32-10-18-7-28(25-22-18)4-1-17(2-5-29-8-19(23-26-29)11-33-15-21)3-6-30-9-20(24-27-30)12-34-16-21/h7-9,17,31H,1-6,10-16H2. The van der Waals surface area contributed by atoms with Gasteiger partial charge in [0, 0.05) is 19.6 Å². The van der Waals surface area contributed by atoms with Crippen LogP contribution in [0, 0.1) is 11.3 Å². The summed E-state index contributed by atoms with van der Waals surface area (Å²) in [5, 5.41) is 35.8. The normalized spacial score (nSPS) is 25.1. The highest BCUT2D eigenvalue weighted by atomic mass is 16.5. The molecule has 0 radical (unpaired) electrons. The van der Waals surface area contributed by atoms with E-state index in [-0.39, 0.29) is 26.4 Å². The molecule has 0 fully saturated rings. The zero-order valence-corrected chi connectivity index (χ0v) is 19.2. The van der Waals surface area contributed by atoms with Crippen molar-refractivity contribution in [2.45, 2.75) is 58.7 Å². The summed E-state index contributed by atoms with van der Waals surface area (Å²) in [6.07, 6.45) is 8.62. The molecule has 0 aliphatic carbocycles. The minimum atomic E-state index is -0.758. The van der Waals surface area contributed by atoms with Gasteiger partial charge in [-0.15, -0.1) is 15.3 Å². The molecule has 0 spiro atoms. The summed E-state index contributed by atoms with van der Waals surface area (Å²) in [5.74, 6) is 0.430. The van der Waals surface area contributed by atoms with Crippen molar-refractivity contribution in [2.24, 2.45) is 11.3 Å². The molecule has 6 rings (SSSR count). The van der Waals surface area contributed by atoms with Crippen LogP contribution in [0.15, 0.2) is 18.6 Å². The summed E-state index contributed by atoms with van der Waals surface area (Å²) in [6, 6.07) is 0. The number of fused-ring (bicyclic) bond motifs is 9. The van der Waals surface area contributed by atoms with E-state index in [2.05, 4.69) is 30.9 Å². The van der Waals surface area contributed by atoms with Gasteiger partial charge in [-0.05, 0) is 25.2 Å². The van der Waals surface area contributed by atoms with E-state index in [4.69, 9.17) is 14.2 Å². The molecule has 13 nitrogen and oxygen atoms in total. The molecule has 8 bridgehead atoms. The summed E-state index contributed by atoms with van der Waals surface area (Å²) in [6.45, 7) is 3.74. The largest absolute Gasteiger partial charge is 0.396 e. The van der Waals surface area contributed by atoms with E-state index in [9.17, 15) is 5.11 Å². The van der Waals surface area contributed by atoms with Crippen LogP contribution in [-0.4, -0.2) is 76.5 Å². The molecule has 13 heteroatoms. The molecule has 3 aromatic heterocycles. The highest BCUT2D eigenvalue weighted by Crippen LogP contribution is 2.22. The zero-order chi connectivity index (χ0) is 23.2. The lowest BCUT2D eigenvalue weighted by Crippen LogP contribution is -2.40. The summed E-state index contributed by atoms with van der Waals surface area (Å²) < 4.78 is 23.5. The minimum Gasteiger partial charge on any atom is -0.396 e. The van der Waals surface area contributed by atoms with Crippen molar-refractivity contribution in [3.8, 4) is 0 Å². The fraction of sp³-hybridized carbons (Fsp3) is 0.714. The van der Waals surface area contributed by atoms with E-state index >= 15 is 0 Å². The fourth-order valence-corrected chi connectivity index (χ4v) is 4.30. The van der Waals surface area contributed by atoms with Crippen LogP contribution in [0.25, 0.3) is 0 Å². The number of aromatic nitrogens is 9. The Morgan fingerprint density at radius 2 is 1.09 bits per heavy atom. The SMILES string of the molecule is OCC12COCc3cn(nn3)CCC(CCn3cc(nn3)COC1)CCn1cc(nn1)COC2. The molecular formula is C21H31N9O4. The number of nitrogens with zero attached hydrogens (tertiary/aromatic N) is 9. The summed E-state index contributed by atoms with van der Waals surface area (Å²) in [4.78, 5) is 0. The van der Waals surface area contributed by atoms with E-state index in [1.54, 1.807) is 0 Å². The van der Waals surface area contributed by atoms with Crippen molar-refractivity contribution in [3.05, 3.63) is 35.7 Å². The minimum absolute atomic E-state index is 0.166. The van der Waals surface area contributed by atoms with Gasteiger partial charge in [0.1, 0.15) is 17.1 Å². The second kappa shape index (κ2) is 10.7. The average molecular weight is 474 g/mol. The van der Waals surface area contributed by atoms with E-state index in [0.29, 0.717) is 25.7 Å². The van der Waals surface area contributed by atoms with Crippen LogP contribution in [0.1, 0.15) is 36.3 Å². The first-order valence-electron chi connectivity index (χ1n) is 11.7. The Morgan fingerprint density at radius 1 is 0.706 bits per heavy atom. The van der Waals surface area contributed by atoms with E-state index < -0.39 is 5.41 Å². The molecule has 184 valence electrons. The van der Waals surface area contributed by atoms with E-state index in [0.717, 1.165) is 56.0 Å². The third-order valence-corrected chi connectivity index (χ3v) is 6.37. The number of rotatable bonds is 1. The van der Waals surface area contributed by atoms with Gasteiger partial charge >= 0.3 is 0 Å². The first kappa shape index (κ1) is 23.0. The number of aliphatic hydroxyl groups excluding tert-OH is 1. The van der Waals surface area contributed by atoms with Gasteiger partial charge in [0.25, 0.3) is 0 Å². The van der Waals surface area contributed by atoms with Crippen LogP contribution < -0.4 is 0 Å².